The number of aryl methyl sites for hydroxylation is 1. The van der Waals surface area contributed by atoms with Crippen LogP contribution in [0.15, 0.2) is 47.8 Å². The van der Waals surface area contributed by atoms with Crippen molar-refractivity contribution in [2.24, 2.45) is 5.10 Å². The minimum Gasteiger partial charge on any atom is -0.485 e. The molecule has 0 atom stereocenters. The van der Waals surface area contributed by atoms with Gasteiger partial charge in [0, 0.05) is 18.0 Å². The maximum atomic E-state index is 6.04. The second kappa shape index (κ2) is 8.05. The van der Waals surface area contributed by atoms with Gasteiger partial charge in [-0.1, -0.05) is 32.0 Å². The second-order valence-corrected chi connectivity index (χ2v) is 6.66. The van der Waals surface area contributed by atoms with Gasteiger partial charge in [-0.15, -0.1) is 0 Å². The zero-order valence-electron chi connectivity index (χ0n) is 15.0. The van der Waals surface area contributed by atoms with Crippen LogP contribution in [-0.2, 0) is 6.61 Å². The minimum atomic E-state index is 0.265. The summed E-state index contributed by atoms with van der Waals surface area (Å²) in [6.45, 7) is 6.60. The first-order valence-electron chi connectivity index (χ1n) is 8.38. The molecule has 1 aromatic carbocycles. The van der Waals surface area contributed by atoms with Crippen LogP contribution in [0.3, 0.4) is 0 Å². The number of ether oxygens (including phenoxy) is 1. The Kier molecular flexibility index (Phi) is 5.58. The lowest BCUT2D eigenvalue weighted by molar-refractivity contribution is 0.286. The van der Waals surface area contributed by atoms with Crippen molar-refractivity contribution in [3.05, 3.63) is 70.0 Å². The summed E-state index contributed by atoms with van der Waals surface area (Å²) < 4.78 is 8.01. The molecule has 6 nitrogen and oxygen atoms in total. The highest BCUT2D eigenvalue weighted by atomic mass is 32.1. The first-order chi connectivity index (χ1) is 12.5. The zero-order chi connectivity index (χ0) is 18.5. The van der Waals surface area contributed by atoms with Gasteiger partial charge >= 0.3 is 0 Å². The van der Waals surface area contributed by atoms with Crippen molar-refractivity contribution in [3.8, 4) is 5.75 Å². The summed E-state index contributed by atoms with van der Waals surface area (Å²) in [7, 11) is 0. The van der Waals surface area contributed by atoms with E-state index in [9.17, 15) is 0 Å². The highest BCUT2D eigenvalue weighted by Crippen LogP contribution is 2.28. The molecule has 0 spiro atoms. The largest absolute Gasteiger partial charge is 0.485 e. The molecule has 0 aliphatic rings. The van der Waals surface area contributed by atoms with E-state index in [0.29, 0.717) is 16.5 Å². The Morgan fingerprint density at radius 1 is 1.35 bits per heavy atom. The average molecular weight is 367 g/mol. The van der Waals surface area contributed by atoms with E-state index in [0.717, 1.165) is 22.4 Å². The van der Waals surface area contributed by atoms with E-state index in [1.165, 1.54) is 0 Å². The van der Waals surface area contributed by atoms with E-state index in [1.807, 2.05) is 25.1 Å². The molecule has 134 valence electrons. The van der Waals surface area contributed by atoms with Crippen LogP contribution in [0.1, 0.15) is 42.3 Å². The number of pyridine rings is 1. The maximum absolute atomic E-state index is 6.04. The average Bonchev–Trinajstić information content (AvgIpc) is 2.98. The quantitative estimate of drug-likeness (QED) is 0.523. The molecule has 0 aliphatic carbocycles. The van der Waals surface area contributed by atoms with Crippen molar-refractivity contribution in [2.45, 2.75) is 33.3 Å². The van der Waals surface area contributed by atoms with Crippen LogP contribution in [0.2, 0.25) is 0 Å². The number of H-pyrrole nitrogens is 1. The van der Waals surface area contributed by atoms with Gasteiger partial charge in [-0.3, -0.25) is 4.98 Å². The molecule has 0 saturated carbocycles. The van der Waals surface area contributed by atoms with Gasteiger partial charge in [-0.05, 0) is 48.3 Å². The van der Waals surface area contributed by atoms with Crippen LogP contribution in [0, 0.1) is 11.7 Å². The minimum absolute atomic E-state index is 0.265. The number of hydrogen-bond acceptors (Lipinski definition) is 5. The summed E-state index contributed by atoms with van der Waals surface area (Å²) in [6.07, 6.45) is 5.13. The number of aromatic amines is 1. The van der Waals surface area contributed by atoms with E-state index in [-0.39, 0.29) is 6.61 Å². The van der Waals surface area contributed by atoms with Gasteiger partial charge in [-0.2, -0.15) is 14.9 Å². The molecule has 26 heavy (non-hydrogen) atoms. The van der Waals surface area contributed by atoms with Gasteiger partial charge in [0.25, 0.3) is 0 Å². The number of nitrogens with zero attached hydrogens (tertiary/aromatic N) is 4. The smallest absolute Gasteiger partial charge is 0.216 e. The topological polar surface area (TPSA) is 68.1 Å². The first-order valence-corrected chi connectivity index (χ1v) is 8.79. The molecule has 0 amide bonds. The summed E-state index contributed by atoms with van der Waals surface area (Å²) in [4.78, 5) is 4.07. The fraction of sp³-hybridized carbons (Fsp3) is 0.263. The third kappa shape index (κ3) is 4.23. The molecule has 2 heterocycles. The molecule has 3 rings (SSSR count). The summed E-state index contributed by atoms with van der Waals surface area (Å²) >= 11 is 5.27. The van der Waals surface area contributed by atoms with Gasteiger partial charge in [0.1, 0.15) is 12.4 Å². The van der Waals surface area contributed by atoms with Crippen LogP contribution >= 0.6 is 12.2 Å². The van der Waals surface area contributed by atoms with Crippen molar-refractivity contribution < 1.29 is 4.74 Å². The molecule has 0 aliphatic heterocycles. The molecular weight excluding hydrogens is 346 g/mol. The maximum Gasteiger partial charge on any atom is 0.216 e. The molecule has 0 saturated heterocycles. The van der Waals surface area contributed by atoms with E-state index >= 15 is 0 Å². The number of hydrogen-bond donors (Lipinski definition) is 1. The predicted molar refractivity (Wildman–Crippen MR) is 104 cm³/mol. The van der Waals surface area contributed by atoms with Gasteiger partial charge in [0.05, 0.1) is 6.21 Å². The molecule has 0 bridgehead atoms. The monoisotopic (exact) mass is 367 g/mol. The lowest BCUT2D eigenvalue weighted by Crippen LogP contribution is -2.06. The molecule has 2 aromatic heterocycles. The van der Waals surface area contributed by atoms with E-state index in [4.69, 9.17) is 17.0 Å². The number of aromatic nitrogens is 4. The van der Waals surface area contributed by atoms with Crippen LogP contribution in [0.25, 0.3) is 0 Å². The van der Waals surface area contributed by atoms with Gasteiger partial charge < -0.3 is 4.74 Å². The SMILES string of the molecule is Cc1ccc(C(C)C)c(OCc2n[nH]c(=S)n2/N=C\c2cccnc2)c1. The summed E-state index contributed by atoms with van der Waals surface area (Å²) in [5, 5.41) is 11.4. The molecule has 1 N–H and O–H groups in total. The Balaban J connectivity index is 1.81. The molecular formula is C19H21N5OS. The zero-order valence-corrected chi connectivity index (χ0v) is 15.8. The molecule has 7 heteroatoms. The second-order valence-electron chi connectivity index (χ2n) is 6.27. The summed E-state index contributed by atoms with van der Waals surface area (Å²) in [5.41, 5.74) is 3.19. The van der Waals surface area contributed by atoms with Crippen LogP contribution in [0.5, 0.6) is 5.75 Å². The fourth-order valence-corrected chi connectivity index (χ4v) is 2.70. The van der Waals surface area contributed by atoms with Crippen molar-refractivity contribution in [3.63, 3.8) is 0 Å². The normalized spacial score (nSPS) is 11.4. The van der Waals surface area contributed by atoms with E-state index in [1.54, 1.807) is 23.3 Å². The summed E-state index contributed by atoms with van der Waals surface area (Å²) in [5.74, 6) is 1.83. The van der Waals surface area contributed by atoms with Crippen LogP contribution < -0.4 is 4.74 Å². The third-order valence-electron chi connectivity index (χ3n) is 3.87. The van der Waals surface area contributed by atoms with Crippen LogP contribution in [-0.4, -0.2) is 26.1 Å². The standard InChI is InChI=1S/C19H21N5OS/c1-13(2)16-7-6-14(3)9-17(16)25-12-18-22-23-19(26)24(18)21-11-15-5-4-8-20-10-15/h4-11,13H,12H2,1-3H3,(H,23,26)/b21-11-. The number of benzene rings is 1. The predicted octanol–water partition coefficient (Wildman–Crippen LogP) is 4.23. The molecule has 0 fully saturated rings. The number of rotatable bonds is 6. The highest BCUT2D eigenvalue weighted by Gasteiger charge is 2.11. The van der Waals surface area contributed by atoms with E-state index in [2.05, 4.69) is 46.3 Å². The molecule has 0 unspecified atom stereocenters. The highest BCUT2D eigenvalue weighted by molar-refractivity contribution is 7.71. The molecule has 0 radical (unpaired) electrons. The Morgan fingerprint density at radius 2 is 2.19 bits per heavy atom. The lowest BCUT2D eigenvalue weighted by Gasteiger charge is -2.14. The fourth-order valence-electron chi connectivity index (χ4n) is 2.50. The number of nitrogens with one attached hydrogen (secondary N) is 1. The van der Waals surface area contributed by atoms with Crippen molar-refractivity contribution >= 4 is 18.4 Å². The first kappa shape index (κ1) is 18.0. The van der Waals surface area contributed by atoms with Crippen molar-refractivity contribution in [2.75, 3.05) is 0 Å². The van der Waals surface area contributed by atoms with Gasteiger partial charge in [0.15, 0.2) is 5.82 Å². The Morgan fingerprint density at radius 3 is 2.92 bits per heavy atom. The Labute approximate surface area is 157 Å². The Bertz CT molecular complexity index is 960. The van der Waals surface area contributed by atoms with Gasteiger partial charge in [0.2, 0.25) is 4.77 Å². The van der Waals surface area contributed by atoms with Crippen molar-refractivity contribution in [1.82, 2.24) is 19.9 Å². The van der Waals surface area contributed by atoms with Crippen molar-refractivity contribution in [1.29, 1.82) is 0 Å². The van der Waals surface area contributed by atoms with Gasteiger partial charge in [-0.25, -0.2) is 5.10 Å². The van der Waals surface area contributed by atoms with Crippen LogP contribution in [0.4, 0.5) is 0 Å². The molecule has 3 aromatic rings. The van der Waals surface area contributed by atoms with E-state index < -0.39 is 0 Å². The lowest BCUT2D eigenvalue weighted by atomic mass is 10.0. The summed E-state index contributed by atoms with van der Waals surface area (Å²) in [6, 6.07) is 10.0. The third-order valence-corrected chi connectivity index (χ3v) is 4.14. The Hall–Kier alpha value is -2.80.